The second-order valence-corrected chi connectivity index (χ2v) is 5.20. The van der Waals surface area contributed by atoms with Crippen LogP contribution in [0.5, 0.6) is 0 Å². The topological polar surface area (TPSA) is 101 Å². The number of hydrogen-bond donors (Lipinski definition) is 2. The molecule has 0 saturated heterocycles. The molecule has 4 rings (SSSR count). The zero-order chi connectivity index (χ0) is 16.5. The highest BCUT2D eigenvalue weighted by atomic mass is 16.3. The first-order chi connectivity index (χ1) is 11.7. The van der Waals surface area contributed by atoms with Crippen molar-refractivity contribution in [2.24, 2.45) is 0 Å². The number of oxazole rings is 1. The molecule has 2 aromatic carbocycles. The minimum absolute atomic E-state index is 0.128. The molecule has 24 heavy (non-hydrogen) atoms. The average molecular weight is 320 g/mol. The Morgan fingerprint density at radius 1 is 1.08 bits per heavy atom. The van der Waals surface area contributed by atoms with Crippen LogP contribution < -0.4 is 10.9 Å². The number of aromatic amines is 1. The molecule has 2 aromatic heterocycles. The second kappa shape index (κ2) is 5.62. The highest BCUT2D eigenvalue weighted by molar-refractivity contribution is 6.04. The fourth-order valence-electron chi connectivity index (χ4n) is 2.52. The monoisotopic (exact) mass is 320 g/mol. The van der Waals surface area contributed by atoms with Crippen LogP contribution in [0.3, 0.4) is 0 Å². The molecule has 0 fully saturated rings. The van der Waals surface area contributed by atoms with Crippen molar-refractivity contribution in [3.63, 3.8) is 0 Å². The van der Waals surface area contributed by atoms with Gasteiger partial charge in [0.25, 0.3) is 11.5 Å². The summed E-state index contributed by atoms with van der Waals surface area (Å²) in [6.07, 6.45) is 0. The SMILES string of the molecule is O=C(NCc1nc2ccccc2o1)c1n[nH]c(=O)c2ccccc12. The van der Waals surface area contributed by atoms with Gasteiger partial charge < -0.3 is 9.73 Å². The fraction of sp³-hybridized carbons (Fsp3) is 0.0588. The van der Waals surface area contributed by atoms with E-state index in [4.69, 9.17) is 4.42 Å². The van der Waals surface area contributed by atoms with Crippen LogP contribution in [0.25, 0.3) is 21.9 Å². The maximum atomic E-state index is 12.4. The number of para-hydroxylation sites is 2. The van der Waals surface area contributed by atoms with Gasteiger partial charge in [0.1, 0.15) is 5.52 Å². The number of carbonyl (C=O) groups is 1. The average Bonchev–Trinajstić information content (AvgIpc) is 3.03. The van der Waals surface area contributed by atoms with E-state index in [9.17, 15) is 9.59 Å². The highest BCUT2D eigenvalue weighted by Gasteiger charge is 2.14. The van der Waals surface area contributed by atoms with Crippen LogP contribution in [0.1, 0.15) is 16.4 Å². The molecular weight excluding hydrogens is 308 g/mol. The Labute approximate surface area is 135 Å². The lowest BCUT2D eigenvalue weighted by atomic mass is 10.1. The van der Waals surface area contributed by atoms with E-state index in [1.54, 1.807) is 24.3 Å². The van der Waals surface area contributed by atoms with E-state index in [0.29, 0.717) is 22.2 Å². The molecule has 1 amide bonds. The van der Waals surface area contributed by atoms with Crippen LogP contribution in [-0.4, -0.2) is 21.1 Å². The first-order valence-electron chi connectivity index (χ1n) is 7.32. The Morgan fingerprint density at radius 2 is 1.83 bits per heavy atom. The molecule has 0 aliphatic rings. The van der Waals surface area contributed by atoms with Crippen LogP contribution in [0.15, 0.2) is 57.7 Å². The molecule has 2 heterocycles. The highest BCUT2D eigenvalue weighted by Crippen LogP contribution is 2.15. The fourth-order valence-corrected chi connectivity index (χ4v) is 2.52. The Morgan fingerprint density at radius 3 is 2.67 bits per heavy atom. The lowest BCUT2D eigenvalue weighted by molar-refractivity contribution is 0.0943. The Hall–Kier alpha value is -3.48. The number of H-pyrrole nitrogens is 1. The number of fused-ring (bicyclic) bond motifs is 2. The van der Waals surface area contributed by atoms with Crippen LogP contribution in [-0.2, 0) is 6.54 Å². The zero-order valence-corrected chi connectivity index (χ0v) is 12.4. The van der Waals surface area contributed by atoms with Gasteiger partial charge in [-0.25, -0.2) is 10.1 Å². The molecule has 7 heteroatoms. The molecule has 0 atom stereocenters. The Bertz CT molecular complexity index is 1080. The number of nitrogens with one attached hydrogen (secondary N) is 2. The number of benzene rings is 2. The summed E-state index contributed by atoms with van der Waals surface area (Å²) in [4.78, 5) is 28.4. The second-order valence-electron chi connectivity index (χ2n) is 5.20. The summed E-state index contributed by atoms with van der Waals surface area (Å²) >= 11 is 0. The number of rotatable bonds is 3. The first kappa shape index (κ1) is 14.1. The molecule has 2 N–H and O–H groups in total. The van der Waals surface area contributed by atoms with Gasteiger partial charge in [-0.15, -0.1) is 0 Å². The predicted molar refractivity (Wildman–Crippen MR) is 87.5 cm³/mol. The summed E-state index contributed by atoms with van der Waals surface area (Å²) in [7, 11) is 0. The smallest absolute Gasteiger partial charge is 0.272 e. The minimum Gasteiger partial charge on any atom is -0.439 e. The van der Waals surface area contributed by atoms with Crippen molar-refractivity contribution in [2.75, 3.05) is 0 Å². The van der Waals surface area contributed by atoms with E-state index < -0.39 is 5.91 Å². The van der Waals surface area contributed by atoms with Gasteiger partial charge in [0.05, 0.1) is 11.9 Å². The third-order valence-electron chi connectivity index (χ3n) is 3.65. The van der Waals surface area contributed by atoms with Crippen molar-refractivity contribution >= 4 is 27.8 Å². The molecule has 4 aromatic rings. The number of nitrogens with zero attached hydrogens (tertiary/aromatic N) is 2. The van der Waals surface area contributed by atoms with Crippen molar-refractivity contribution in [3.05, 3.63) is 70.5 Å². The summed E-state index contributed by atoms with van der Waals surface area (Å²) < 4.78 is 5.56. The quantitative estimate of drug-likeness (QED) is 0.601. The van der Waals surface area contributed by atoms with Gasteiger partial charge in [-0.3, -0.25) is 9.59 Å². The van der Waals surface area contributed by atoms with E-state index in [1.807, 2.05) is 24.3 Å². The Balaban J connectivity index is 1.60. The van der Waals surface area contributed by atoms with Gasteiger partial charge in [0.2, 0.25) is 5.89 Å². The van der Waals surface area contributed by atoms with Crippen molar-refractivity contribution in [3.8, 4) is 0 Å². The van der Waals surface area contributed by atoms with Gasteiger partial charge in [0.15, 0.2) is 11.3 Å². The summed E-state index contributed by atoms with van der Waals surface area (Å²) in [5.74, 6) is -0.0111. The van der Waals surface area contributed by atoms with Crippen LogP contribution >= 0.6 is 0 Å². The molecule has 0 unspecified atom stereocenters. The van der Waals surface area contributed by atoms with E-state index in [0.717, 1.165) is 5.52 Å². The summed E-state index contributed by atoms with van der Waals surface area (Å²) in [6, 6.07) is 14.2. The molecule has 0 spiro atoms. The number of carbonyl (C=O) groups excluding carboxylic acids is 1. The van der Waals surface area contributed by atoms with Crippen molar-refractivity contribution in [2.45, 2.75) is 6.54 Å². The van der Waals surface area contributed by atoms with Crippen LogP contribution in [0, 0.1) is 0 Å². The molecule has 118 valence electrons. The third-order valence-corrected chi connectivity index (χ3v) is 3.65. The number of amides is 1. The number of aromatic nitrogens is 3. The van der Waals surface area contributed by atoms with E-state index in [2.05, 4.69) is 20.5 Å². The van der Waals surface area contributed by atoms with E-state index >= 15 is 0 Å². The van der Waals surface area contributed by atoms with Crippen LogP contribution in [0.2, 0.25) is 0 Å². The third kappa shape index (κ3) is 2.41. The van der Waals surface area contributed by atoms with Gasteiger partial charge in [0, 0.05) is 5.39 Å². The molecule has 0 radical (unpaired) electrons. The van der Waals surface area contributed by atoms with Crippen LogP contribution in [0.4, 0.5) is 0 Å². The number of hydrogen-bond acceptors (Lipinski definition) is 5. The largest absolute Gasteiger partial charge is 0.439 e. The molecule has 7 nitrogen and oxygen atoms in total. The van der Waals surface area contributed by atoms with Gasteiger partial charge in [-0.05, 0) is 18.2 Å². The molecule has 0 aliphatic heterocycles. The summed E-state index contributed by atoms with van der Waals surface area (Å²) in [5, 5.41) is 9.82. The summed E-state index contributed by atoms with van der Waals surface area (Å²) in [5.41, 5.74) is 1.21. The summed E-state index contributed by atoms with van der Waals surface area (Å²) in [6.45, 7) is 0.128. The minimum atomic E-state index is -0.412. The van der Waals surface area contributed by atoms with Crippen molar-refractivity contribution in [1.29, 1.82) is 0 Å². The molecule has 0 aliphatic carbocycles. The van der Waals surface area contributed by atoms with Crippen molar-refractivity contribution in [1.82, 2.24) is 20.5 Å². The van der Waals surface area contributed by atoms with E-state index in [-0.39, 0.29) is 17.8 Å². The van der Waals surface area contributed by atoms with Crippen molar-refractivity contribution < 1.29 is 9.21 Å². The lowest BCUT2D eigenvalue weighted by Crippen LogP contribution is -2.26. The molecule has 0 bridgehead atoms. The Kier molecular flexibility index (Phi) is 3.31. The lowest BCUT2D eigenvalue weighted by Gasteiger charge is -2.04. The molecular formula is C17H12N4O3. The van der Waals surface area contributed by atoms with Gasteiger partial charge >= 0.3 is 0 Å². The maximum absolute atomic E-state index is 12.4. The van der Waals surface area contributed by atoms with Gasteiger partial charge in [-0.1, -0.05) is 30.3 Å². The predicted octanol–water partition coefficient (Wildman–Crippen LogP) is 1.99. The van der Waals surface area contributed by atoms with Gasteiger partial charge in [-0.2, -0.15) is 5.10 Å². The zero-order valence-electron chi connectivity index (χ0n) is 12.4. The van der Waals surface area contributed by atoms with E-state index in [1.165, 1.54) is 0 Å². The standard InChI is InChI=1S/C17H12N4O3/c22-16-11-6-2-1-5-10(11)15(20-21-16)17(23)18-9-14-19-12-7-3-4-8-13(12)24-14/h1-8H,9H2,(H,18,23)(H,21,22). The molecule has 0 saturated carbocycles. The first-order valence-corrected chi connectivity index (χ1v) is 7.32. The maximum Gasteiger partial charge on any atom is 0.272 e. The normalized spacial score (nSPS) is 11.0.